The van der Waals surface area contributed by atoms with Gasteiger partial charge in [-0.15, -0.1) is 0 Å². The number of hydrogen-bond donors (Lipinski definition) is 2. The Balaban J connectivity index is 1.57. The minimum absolute atomic E-state index is 0.0340. The fraction of sp³-hybridized carbons (Fsp3) is 0.214. The summed E-state index contributed by atoms with van der Waals surface area (Å²) in [5.74, 6) is -0.305. The highest BCUT2D eigenvalue weighted by molar-refractivity contribution is 7.92. The summed E-state index contributed by atoms with van der Waals surface area (Å²) >= 11 is 0. The van der Waals surface area contributed by atoms with E-state index >= 15 is 0 Å². The van der Waals surface area contributed by atoms with E-state index in [4.69, 9.17) is 4.52 Å². The molecule has 126 valence electrons. The van der Waals surface area contributed by atoms with Crippen LogP contribution in [0.4, 0.5) is 5.69 Å². The smallest absolute Gasteiger partial charge is 0.256 e. The number of carbonyl (C=O) groups excluding carboxylic acids is 1. The third kappa shape index (κ3) is 3.54. The van der Waals surface area contributed by atoms with Crippen molar-refractivity contribution >= 4 is 27.1 Å². The van der Waals surface area contributed by atoms with Crippen molar-refractivity contribution in [3.63, 3.8) is 0 Å². The van der Waals surface area contributed by atoms with Gasteiger partial charge in [-0.1, -0.05) is 5.16 Å². The molecule has 3 aromatic heterocycles. The number of nitrogens with zero attached hydrogens (tertiary/aromatic N) is 3. The molecule has 0 saturated heterocycles. The second-order valence-corrected chi connectivity index (χ2v) is 6.93. The van der Waals surface area contributed by atoms with Gasteiger partial charge in [-0.3, -0.25) is 9.52 Å². The van der Waals surface area contributed by atoms with Gasteiger partial charge >= 0.3 is 0 Å². The number of anilines is 1. The highest BCUT2D eigenvalue weighted by Crippen LogP contribution is 2.13. The second-order valence-electron chi connectivity index (χ2n) is 5.09. The van der Waals surface area contributed by atoms with Crippen molar-refractivity contribution in [2.75, 3.05) is 17.0 Å². The standard InChI is InChI=1S/C14H15N5O4S/c1-10-13(9-17-23-10)14(20)15-5-7-24(21,22)18-11-3-6-19-12(8-11)2-4-16-19/h2-4,6,8-9,18H,5,7H2,1H3,(H,15,20). The summed E-state index contributed by atoms with van der Waals surface area (Å²) < 4.78 is 33.1. The Hall–Kier alpha value is -2.88. The van der Waals surface area contributed by atoms with Crippen molar-refractivity contribution in [2.45, 2.75) is 6.92 Å². The van der Waals surface area contributed by atoms with Gasteiger partial charge in [0.25, 0.3) is 5.91 Å². The Morgan fingerprint density at radius 2 is 2.21 bits per heavy atom. The van der Waals surface area contributed by atoms with Gasteiger partial charge in [0, 0.05) is 18.9 Å². The molecule has 0 aliphatic heterocycles. The Morgan fingerprint density at radius 1 is 1.38 bits per heavy atom. The van der Waals surface area contributed by atoms with Crippen molar-refractivity contribution in [2.24, 2.45) is 0 Å². The zero-order valence-electron chi connectivity index (χ0n) is 12.8. The van der Waals surface area contributed by atoms with E-state index in [0.29, 0.717) is 11.4 Å². The van der Waals surface area contributed by atoms with Gasteiger partial charge in [0.15, 0.2) is 0 Å². The van der Waals surface area contributed by atoms with Crippen molar-refractivity contribution in [3.8, 4) is 0 Å². The SMILES string of the molecule is Cc1oncc1C(=O)NCCS(=O)(=O)Nc1ccn2nccc2c1. The van der Waals surface area contributed by atoms with Crippen LogP contribution in [0.15, 0.2) is 41.3 Å². The Bertz CT molecular complexity index is 976. The molecule has 0 aliphatic carbocycles. The van der Waals surface area contributed by atoms with E-state index in [2.05, 4.69) is 20.3 Å². The third-order valence-corrected chi connectivity index (χ3v) is 4.61. The number of pyridine rings is 1. The summed E-state index contributed by atoms with van der Waals surface area (Å²) in [5.41, 5.74) is 1.49. The molecule has 0 saturated carbocycles. The molecule has 0 spiro atoms. The van der Waals surface area contributed by atoms with E-state index < -0.39 is 15.9 Å². The first-order valence-corrected chi connectivity index (χ1v) is 8.73. The van der Waals surface area contributed by atoms with Crippen molar-refractivity contribution < 1.29 is 17.7 Å². The molecule has 0 atom stereocenters. The zero-order valence-corrected chi connectivity index (χ0v) is 13.6. The Kier molecular flexibility index (Phi) is 4.21. The van der Waals surface area contributed by atoms with Gasteiger partial charge in [-0.2, -0.15) is 5.10 Å². The maximum absolute atomic E-state index is 12.1. The average Bonchev–Trinajstić information content (AvgIpc) is 3.14. The highest BCUT2D eigenvalue weighted by atomic mass is 32.2. The summed E-state index contributed by atoms with van der Waals surface area (Å²) in [6.45, 7) is 1.57. The third-order valence-electron chi connectivity index (χ3n) is 3.32. The first-order chi connectivity index (χ1) is 11.4. The van der Waals surface area contributed by atoms with Crippen LogP contribution in [0.25, 0.3) is 5.52 Å². The molecule has 24 heavy (non-hydrogen) atoms. The van der Waals surface area contributed by atoms with Crippen molar-refractivity contribution in [3.05, 3.63) is 48.1 Å². The maximum Gasteiger partial charge on any atom is 0.256 e. The molecule has 0 bridgehead atoms. The van der Waals surface area contributed by atoms with Crippen LogP contribution in [-0.4, -0.2) is 41.4 Å². The lowest BCUT2D eigenvalue weighted by Crippen LogP contribution is -2.31. The first-order valence-electron chi connectivity index (χ1n) is 7.08. The van der Waals surface area contributed by atoms with Crippen molar-refractivity contribution in [1.82, 2.24) is 20.1 Å². The van der Waals surface area contributed by atoms with E-state index in [-0.39, 0.29) is 17.9 Å². The minimum atomic E-state index is -3.59. The minimum Gasteiger partial charge on any atom is -0.361 e. The molecule has 0 aliphatic rings. The van der Waals surface area contributed by atoms with E-state index in [1.807, 2.05) is 0 Å². The Labute approximate surface area is 137 Å². The van der Waals surface area contributed by atoms with Gasteiger partial charge in [-0.25, -0.2) is 12.9 Å². The normalized spacial score (nSPS) is 11.5. The molecule has 1 amide bonds. The summed E-state index contributed by atoms with van der Waals surface area (Å²) in [7, 11) is -3.59. The largest absolute Gasteiger partial charge is 0.361 e. The monoisotopic (exact) mass is 349 g/mol. The highest BCUT2D eigenvalue weighted by Gasteiger charge is 2.15. The van der Waals surface area contributed by atoms with Gasteiger partial charge in [0.2, 0.25) is 10.0 Å². The number of amides is 1. The number of hydrogen-bond acceptors (Lipinski definition) is 6. The molecule has 0 fully saturated rings. The lowest BCUT2D eigenvalue weighted by atomic mass is 10.2. The average molecular weight is 349 g/mol. The molecule has 0 aromatic carbocycles. The number of fused-ring (bicyclic) bond motifs is 1. The number of sulfonamides is 1. The molecular weight excluding hydrogens is 334 g/mol. The topological polar surface area (TPSA) is 119 Å². The number of aromatic nitrogens is 3. The van der Waals surface area contributed by atoms with Gasteiger partial charge in [0.05, 0.1) is 23.2 Å². The Morgan fingerprint density at radius 3 is 2.96 bits per heavy atom. The van der Waals surface area contributed by atoms with Crippen LogP contribution in [-0.2, 0) is 10.0 Å². The lowest BCUT2D eigenvalue weighted by molar-refractivity contribution is 0.0954. The summed E-state index contributed by atoms with van der Waals surface area (Å²) in [6, 6.07) is 5.04. The molecular formula is C14H15N5O4S. The van der Waals surface area contributed by atoms with Crippen LogP contribution < -0.4 is 10.0 Å². The van der Waals surface area contributed by atoms with Crippen LogP contribution in [0.1, 0.15) is 16.1 Å². The van der Waals surface area contributed by atoms with Crippen LogP contribution in [0.3, 0.4) is 0 Å². The fourth-order valence-electron chi connectivity index (χ4n) is 2.13. The number of nitrogens with one attached hydrogen (secondary N) is 2. The van der Waals surface area contributed by atoms with Gasteiger partial charge in [0.1, 0.15) is 11.3 Å². The van der Waals surface area contributed by atoms with Crippen LogP contribution in [0, 0.1) is 6.92 Å². The molecule has 3 heterocycles. The predicted octanol–water partition coefficient (Wildman–Crippen LogP) is 0.802. The number of rotatable bonds is 6. The van der Waals surface area contributed by atoms with Crippen LogP contribution in [0.5, 0.6) is 0 Å². The van der Waals surface area contributed by atoms with Crippen LogP contribution >= 0.6 is 0 Å². The quantitative estimate of drug-likeness (QED) is 0.679. The second kappa shape index (κ2) is 6.32. The summed E-state index contributed by atoms with van der Waals surface area (Å²) in [4.78, 5) is 11.9. The van der Waals surface area contributed by atoms with Gasteiger partial charge < -0.3 is 9.84 Å². The molecule has 9 nitrogen and oxygen atoms in total. The molecule has 0 radical (unpaired) electrons. The van der Waals surface area contributed by atoms with Crippen molar-refractivity contribution in [1.29, 1.82) is 0 Å². The molecule has 3 aromatic rings. The van der Waals surface area contributed by atoms with E-state index in [9.17, 15) is 13.2 Å². The molecule has 0 unspecified atom stereocenters. The molecule has 2 N–H and O–H groups in total. The molecule has 10 heteroatoms. The molecule has 3 rings (SSSR count). The fourth-order valence-corrected chi connectivity index (χ4v) is 3.09. The summed E-state index contributed by atoms with van der Waals surface area (Å²) in [6.07, 6.45) is 4.57. The maximum atomic E-state index is 12.1. The first kappa shape index (κ1) is 16.0. The van der Waals surface area contributed by atoms with E-state index in [1.54, 1.807) is 42.0 Å². The number of aryl methyl sites for hydroxylation is 1. The summed E-state index contributed by atoms with van der Waals surface area (Å²) in [5, 5.41) is 10.1. The van der Waals surface area contributed by atoms with Gasteiger partial charge in [-0.05, 0) is 25.1 Å². The predicted molar refractivity (Wildman–Crippen MR) is 86.2 cm³/mol. The van der Waals surface area contributed by atoms with E-state index in [0.717, 1.165) is 5.52 Å². The number of carbonyl (C=O) groups is 1. The van der Waals surface area contributed by atoms with E-state index in [1.165, 1.54) is 6.20 Å². The zero-order chi connectivity index (χ0) is 17.2. The lowest BCUT2D eigenvalue weighted by Gasteiger charge is -2.09. The van der Waals surface area contributed by atoms with Crippen LogP contribution in [0.2, 0.25) is 0 Å².